The number of aliphatic carboxylic acids is 1. The third-order valence-corrected chi connectivity index (χ3v) is 2.75. The minimum atomic E-state index is -0.897. The Hall–Kier alpha value is -1.79. The summed E-state index contributed by atoms with van der Waals surface area (Å²) in [4.78, 5) is 11.0. The maximum Gasteiger partial charge on any atom is 0.323 e. The highest BCUT2D eigenvalue weighted by molar-refractivity contribution is 5.78. The van der Waals surface area contributed by atoms with Crippen LogP contribution in [-0.2, 0) is 4.79 Å². The van der Waals surface area contributed by atoms with Gasteiger partial charge in [0.1, 0.15) is 5.54 Å². The second-order valence-electron chi connectivity index (χ2n) is 4.01. The Morgan fingerprint density at radius 1 is 1.41 bits per heavy atom. The molecule has 0 spiro atoms. The van der Waals surface area contributed by atoms with Crippen LogP contribution in [0.4, 0.5) is 0 Å². The third kappa shape index (κ3) is 3.93. The van der Waals surface area contributed by atoms with Gasteiger partial charge < -0.3 is 5.11 Å². The monoisotopic (exact) mass is 231 g/mol. The van der Waals surface area contributed by atoms with Gasteiger partial charge in [-0.3, -0.25) is 10.1 Å². The lowest BCUT2D eigenvalue weighted by Gasteiger charge is -2.23. The van der Waals surface area contributed by atoms with Gasteiger partial charge in [-0.1, -0.05) is 37.0 Å². The summed E-state index contributed by atoms with van der Waals surface area (Å²) in [5.74, 6) is 5.05. The molecule has 0 fully saturated rings. The lowest BCUT2D eigenvalue weighted by Crippen LogP contribution is -2.49. The molecule has 3 nitrogen and oxygen atoms in total. The molecule has 90 valence electrons. The van der Waals surface area contributed by atoms with Crippen LogP contribution < -0.4 is 5.32 Å². The quantitative estimate of drug-likeness (QED) is 0.778. The Labute approximate surface area is 102 Å². The molecular formula is C14H17NO2. The SMILES string of the molecule is CCC(C)(NCC#Cc1ccccc1)C(=O)O. The average molecular weight is 231 g/mol. The minimum absolute atomic E-state index is 0.367. The highest BCUT2D eigenvalue weighted by atomic mass is 16.4. The van der Waals surface area contributed by atoms with E-state index in [1.807, 2.05) is 37.3 Å². The van der Waals surface area contributed by atoms with E-state index in [4.69, 9.17) is 5.11 Å². The van der Waals surface area contributed by atoms with E-state index in [1.54, 1.807) is 6.92 Å². The van der Waals surface area contributed by atoms with Gasteiger partial charge >= 0.3 is 5.97 Å². The highest BCUT2D eigenvalue weighted by Crippen LogP contribution is 2.08. The number of hydrogen-bond acceptors (Lipinski definition) is 2. The van der Waals surface area contributed by atoms with Crippen LogP contribution in [-0.4, -0.2) is 23.2 Å². The predicted octanol–water partition coefficient (Wildman–Crippen LogP) is 1.88. The number of carboxylic acid groups (broad SMARTS) is 1. The van der Waals surface area contributed by atoms with Gasteiger partial charge in [0.05, 0.1) is 6.54 Å². The van der Waals surface area contributed by atoms with E-state index < -0.39 is 11.5 Å². The normalized spacial score (nSPS) is 13.3. The van der Waals surface area contributed by atoms with Crippen molar-refractivity contribution < 1.29 is 9.90 Å². The Morgan fingerprint density at radius 3 is 2.59 bits per heavy atom. The molecular weight excluding hydrogens is 214 g/mol. The average Bonchev–Trinajstić information content (AvgIpc) is 2.35. The smallest absolute Gasteiger partial charge is 0.323 e. The van der Waals surface area contributed by atoms with Crippen LogP contribution >= 0.6 is 0 Å². The predicted molar refractivity (Wildman–Crippen MR) is 67.7 cm³/mol. The molecule has 1 aromatic rings. The highest BCUT2D eigenvalue weighted by Gasteiger charge is 2.29. The van der Waals surface area contributed by atoms with E-state index in [1.165, 1.54) is 0 Å². The van der Waals surface area contributed by atoms with Crippen LogP contribution in [0.2, 0.25) is 0 Å². The van der Waals surface area contributed by atoms with Gasteiger partial charge in [-0.15, -0.1) is 0 Å². The molecule has 0 saturated carbocycles. The first kappa shape index (κ1) is 13.3. The second-order valence-corrected chi connectivity index (χ2v) is 4.01. The molecule has 2 N–H and O–H groups in total. The number of carboxylic acids is 1. The van der Waals surface area contributed by atoms with Gasteiger partial charge in [0.15, 0.2) is 0 Å². The topological polar surface area (TPSA) is 49.3 Å². The van der Waals surface area contributed by atoms with Crippen molar-refractivity contribution in [2.24, 2.45) is 0 Å². The van der Waals surface area contributed by atoms with Crippen molar-refractivity contribution in [3.8, 4) is 11.8 Å². The van der Waals surface area contributed by atoms with Gasteiger partial charge in [0.25, 0.3) is 0 Å². The van der Waals surface area contributed by atoms with Crippen molar-refractivity contribution in [2.45, 2.75) is 25.8 Å². The number of benzene rings is 1. The molecule has 0 bridgehead atoms. The summed E-state index contributed by atoms with van der Waals surface area (Å²) in [5.41, 5.74) is 0.0357. The second kappa shape index (κ2) is 6.07. The Bertz CT molecular complexity index is 431. The molecule has 1 unspecified atom stereocenters. The molecule has 3 heteroatoms. The summed E-state index contributed by atoms with van der Waals surface area (Å²) < 4.78 is 0. The first-order valence-corrected chi connectivity index (χ1v) is 5.61. The lowest BCUT2D eigenvalue weighted by atomic mass is 9.99. The summed E-state index contributed by atoms with van der Waals surface area (Å²) >= 11 is 0. The first-order valence-electron chi connectivity index (χ1n) is 5.61. The van der Waals surface area contributed by atoms with Crippen LogP contribution in [0.3, 0.4) is 0 Å². The maximum atomic E-state index is 11.0. The Morgan fingerprint density at radius 2 is 2.06 bits per heavy atom. The van der Waals surface area contributed by atoms with Crippen LogP contribution in [0.1, 0.15) is 25.8 Å². The number of rotatable bonds is 4. The molecule has 1 atom stereocenters. The van der Waals surface area contributed by atoms with Crippen molar-refractivity contribution in [2.75, 3.05) is 6.54 Å². The molecule has 0 amide bonds. The zero-order valence-corrected chi connectivity index (χ0v) is 10.2. The number of carbonyl (C=O) groups is 1. The van der Waals surface area contributed by atoms with Gasteiger partial charge in [-0.05, 0) is 25.5 Å². The van der Waals surface area contributed by atoms with Gasteiger partial charge in [-0.2, -0.15) is 0 Å². The van der Waals surface area contributed by atoms with E-state index >= 15 is 0 Å². The van der Waals surface area contributed by atoms with Gasteiger partial charge in [-0.25, -0.2) is 0 Å². The van der Waals surface area contributed by atoms with Crippen LogP contribution in [0.15, 0.2) is 30.3 Å². The summed E-state index contributed by atoms with van der Waals surface area (Å²) in [6, 6.07) is 9.62. The first-order chi connectivity index (χ1) is 8.08. The molecule has 1 rings (SSSR count). The van der Waals surface area contributed by atoms with Crippen molar-refractivity contribution in [1.82, 2.24) is 5.32 Å². The van der Waals surface area contributed by atoms with Gasteiger partial charge in [0, 0.05) is 5.56 Å². The van der Waals surface area contributed by atoms with Crippen LogP contribution in [0.5, 0.6) is 0 Å². The Kier molecular flexibility index (Phi) is 4.74. The summed E-state index contributed by atoms with van der Waals surface area (Å²) in [6.45, 7) is 3.87. The minimum Gasteiger partial charge on any atom is -0.480 e. The summed E-state index contributed by atoms with van der Waals surface area (Å²) in [7, 11) is 0. The summed E-state index contributed by atoms with van der Waals surface area (Å²) in [6.07, 6.45) is 0.523. The summed E-state index contributed by atoms with van der Waals surface area (Å²) in [5, 5.41) is 12.0. The molecule has 0 heterocycles. The van der Waals surface area contributed by atoms with Crippen molar-refractivity contribution in [3.63, 3.8) is 0 Å². The zero-order valence-electron chi connectivity index (χ0n) is 10.2. The molecule has 0 aliphatic rings. The van der Waals surface area contributed by atoms with E-state index in [-0.39, 0.29) is 0 Å². The third-order valence-electron chi connectivity index (χ3n) is 2.75. The lowest BCUT2D eigenvalue weighted by molar-refractivity contribution is -0.144. The fraction of sp³-hybridized carbons (Fsp3) is 0.357. The van der Waals surface area contributed by atoms with Crippen molar-refractivity contribution in [3.05, 3.63) is 35.9 Å². The van der Waals surface area contributed by atoms with E-state index in [0.29, 0.717) is 13.0 Å². The number of nitrogens with one attached hydrogen (secondary N) is 1. The van der Waals surface area contributed by atoms with E-state index in [2.05, 4.69) is 17.2 Å². The Balaban J connectivity index is 2.53. The van der Waals surface area contributed by atoms with E-state index in [0.717, 1.165) is 5.56 Å². The maximum absolute atomic E-state index is 11.0. The van der Waals surface area contributed by atoms with Crippen molar-refractivity contribution >= 4 is 5.97 Å². The molecule has 0 saturated heterocycles. The number of hydrogen-bond donors (Lipinski definition) is 2. The standard InChI is InChI=1S/C14H17NO2/c1-3-14(2,13(16)17)15-11-7-10-12-8-5-4-6-9-12/h4-6,8-9,15H,3,11H2,1-2H3,(H,16,17). The molecule has 17 heavy (non-hydrogen) atoms. The molecule has 0 radical (unpaired) electrons. The molecule has 0 aliphatic carbocycles. The van der Waals surface area contributed by atoms with Crippen LogP contribution in [0.25, 0.3) is 0 Å². The fourth-order valence-corrected chi connectivity index (χ4v) is 1.26. The van der Waals surface area contributed by atoms with Gasteiger partial charge in [0.2, 0.25) is 0 Å². The molecule has 1 aromatic carbocycles. The van der Waals surface area contributed by atoms with E-state index in [9.17, 15) is 4.79 Å². The largest absolute Gasteiger partial charge is 0.480 e. The van der Waals surface area contributed by atoms with Crippen LogP contribution in [0, 0.1) is 11.8 Å². The fourth-order valence-electron chi connectivity index (χ4n) is 1.26. The molecule has 0 aromatic heterocycles. The van der Waals surface area contributed by atoms with Crippen molar-refractivity contribution in [1.29, 1.82) is 0 Å². The molecule has 0 aliphatic heterocycles. The zero-order chi connectivity index (χ0) is 12.7.